The Kier molecular flexibility index (Phi) is 3.41. The number of imidazole rings is 1. The fourth-order valence-electron chi connectivity index (χ4n) is 1.20. The van der Waals surface area contributed by atoms with Crippen LogP contribution in [0, 0.1) is 0 Å². The second kappa shape index (κ2) is 4.59. The zero-order chi connectivity index (χ0) is 9.97. The van der Waals surface area contributed by atoms with Gasteiger partial charge in [-0.05, 0) is 44.7 Å². The first-order valence-corrected chi connectivity index (χ1v) is 6.62. The van der Waals surface area contributed by atoms with Gasteiger partial charge in [0.05, 0.1) is 6.33 Å². The van der Waals surface area contributed by atoms with Crippen molar-refractivity contribution in [3.8, 4) is 0 Å². The normalized spacial score (nSPS) is 10.7. The third-order valence-electron chi connectivity index (χ3n) is 1.94. The molecule has 2 rings (SSSR count). The number of aromatic nitrogens is 2. The molecule has 2 heterocycles. The van der Waals surface area contributed by atoms with E-state index in [-0.39, 0.29) is 0 Å². The van der Waals surface area contributed by atoms with Crippen LogP contribution in [0.1, 0.15) is 10.6 Å². The molecule has 5 heteroatoms. The minimum absolute atomic E-state index is 1.01. The Morgan fingerprint density at radius 1 is 1.36 bits per heavy atom. The number of halogens is 2. The Hall–Kier alpha value is -0.130. The average Bonchev–Trinajstić information content (AvgIpc) is 2.77. The fourth-order valence-corrected chi connectivity index (χ4v) is 3.39. The average molecular weight is 336 g/mol. The molecule has 0 amide bonds. The van der Waals surface area contributed by atoms with E-state index < -0.39 is 0 Å². The zero-order valence-corrected chi connectivity index (χ0v) is 11.2. The summed E-state index contributed by atoms with van der Waals surface area (Å²) in [6.07, 6.45) is 5.63. The largest absolute Gasteiger partial charge is 0.348 e. The van der Waals surface area contributed by atoms with E-state index in [1.807, 2.05) is 6.20 Å². The van der Waals surface area contributed by atoms with Gasteiger partial charge in [0.2, 0.25) is 0 Å². The maximum absolute atomic E-state index is 3.99. The third kappa shape index (κ3) is 2.27. The lowest BCUT2D eigenvalue weighted by Gasteiger charge is -1.96. The maximum atomic E-state index is 3.99. The van der Waals surface area contributed by atoms with Crippen molar-refractivity contribution in [2.45, 2.75) is 12.8 Å². The minimum Gasteiger partial charge on any atom is -0.348 e. The molecule has 0 saturated heterocycles. The number of aromatic amines is 1. The first-order valence-electron chi connectivity index (χ1n) is 4.16. The summed E-state index contributed by atoms with van der Waals surface area (Å²) in [4.78, 5) is 8.46. The molecule has 14 heavy (non-hydrogen) atoms. The summed E-state index contributed by atoms with van der Waals surface area (Å²) in [6, 6.07) is 0. The van der Waals surface area contributed by atoms with E-state index in [0.717, 1.165) is 17.3 Å². The monoisotopic (exact) mass is 334 g/mol. The number of hydrogen-bond donors (Lipinski definition) is 1. The Balaban J connectivity index is 2.02. The van der Waals surface area contributed by atoms with E-state index in [1.54, 1.807) is 17.7 Å². The second-order valence-electron chi connectivity index (χ2n) is 2.90. The van der Waals surface area contributed by atoms with Crippen LogP contribution < -0.4 is 0 Å². The SMILES string of the molecule is Brc1csc(CCc2cnc[nH]2)c1Br. The van der Waals surface area contributed by atoms with Crippen LogP contribution in [0.5, 0.6) is 0 Å². The van der Waals surface area contributed by atoms with Crippen molar-refractivity contribution in [3.05, 3.63) is 37.4 Å². The van der Waals surface area contributed by atoms with Gasteiger partial charge in [-0.2, -0.15) is 0 Å². The van der Waals surface area contributed by atoms with Gasteiger partial charge in [0.15, 0.2) is 0 Å². The van der Waals surface area contributed by atoms with Gasteiger partial charge in [-0.15, -0.1) is 11.3 Å². The molecule has 0 radical (unpaired) electrons. The lowest BCUT2D eigenvalue weighted by molar-refractivity contribution is 0.938. The highest BCUT2D eigenvalue weighted by molar-refractivity contribution is 9.13. The maximum Gasteiger partial charge on any atom is 0.0921 e. The van der Waals surface area contributed by atoms with Gasteiger partial charge in [-0.1, -0.05) is 0 Å². The first kappa shape index (κ1) is 10.4. The predicted octanol–water partition coefficient (Wildman–Crippen LogP) is 3.78. The Morgan fingerprint density at radius 2 is 2.21 bits per heavy atom. The summed E-state index contributed by atoms with van der Waals surface area (Å²) < 4.78 is 2.32. The van der Waals surface area contributed by atoms with Crippen LogP contribution in [0.3, 0.4) is 0 Å². The highest BCUT2D eigenvalue weighted by Gasteiger charge is 2.06. The van der Waals surface area contributed by atoms with E-state index in [1.165, 1.54) is 15.0 Å². The smallest absolute Gasteiger partial charge is 0.0921 e. The summed E-state index contributed by atoms with van der Waals surface area (Å²) in [5, 5.41) is 2.10. The van der Waals surface area contributed by atoms with Crippen molar-refractivity contribution in [1.82, 2.24) is 9.97 Å². The molecule has 0 aliphatic rings. The molecule has 0 aromatic carbocycles. The van der Waals surface area contributed by atoms with Crippen molar-refractivity contribution < 1.29 is 0 Å². The fraction of sp³-hybridized carbons (Fsp3) is 0.222. The van der Waals surface area contributed by atoms with Crippen molar-refractivity contribution in [2.24, 2.45) is 0 Å². The first-order chi connectivity index (χ1) is 6.77. The van der Waals surface area contributed by atoms with E-state index >= 15 is 0 Å². The Labute approximate surface area is 103 Å². The number of nitrogens with one attached hydrogen (secondary N) is 1. The lowest BCUT2D eigenvalue weighted by Crippen LogP contribution is -1.89. The van der Waals surface area contributed by atoms with Crippen LogP contribution in [0.25, 0.3) is 0 Å². The van der Waals surface area contributed by atoms with Crippen molar-refractivity contribution >= 4 is 43.2 Å². The van der Waals surface area contributed by atoms with Gasteiger partial charge < -0.3 is 4.98 Å². The quantitative estimate of drug-likeness (QED) is 0.908. The molecule has 0 bridgehead atoms. The van der Waals surface area contributed by atoms with E-state index in [4.69, 9.17) is 0 Å². The predicted molar refractivity (Wildman–Crippen MR) is 65.7 cm³/mol. The summed E-state index contributed by atoms with van der Waals surface area (Å²) in [7, 11) is 0. The highest BCUT2D eigenvalue weighted by Crippen LogP contribution is 2.33. The molecule has 2 nitrogen and oxygen atoms in total. The third-order valence-corrected chi connectivity index (χ3v) is 5.61. The van der Waals surface area contributed by atoms with Crippen LogP contribution in [0.2, 0.25) is 0 Å². The molecule has 74 valence electrons. The molecule has 0 spiro atoms. The standard InChI is InChI=1S/C9H8Br2N2S/c10-7-4-14-8(9(7)11)2-1-6-3-12-5-13-6/h3-5H,1-2H2,(H,12,13). The summed E-state index contributed by atoms with van der Waals surface area (Å²) in [5.41, 5.74) is 1.18. The zero-order valence-electron chi connectivity index (χ0n) is 7.26. The summed E-state index contributed by atoms with van der Waals surface area (Å²) in [6.45, 7) is 0. The number of thiophene rings is 1. The minimum atomic E-state index is 1.01. The van der Waals surface area contributed by atoms with Gasteiger partial charge in [0.1, 0.15) is 0 Å². The van der Waals surface area contributed by atoms with Crippen molar-refractivity contribution in [1.29, 1.82) is 0 Å². The van der Waals surface area contributed by atoms with Gasteiger partial charge >= 0.3 is 0 Å². The summed E-state index contributed by atoms with van der Waals surface area (Å²) in [5.74, 6) is 0. The lowest BCUT2D eigenvalue weighted by atomic mass is 10.2. The van der Waals surface area contributed by atoms with E-state index in [9.17, 15) is 0 Å². The van der Waals surface area contributed by atoms with Crippen LogP contribution in [0.4, 0.5) is 0 Å². The number of rotatable bonds is 3. The van der Waals surface area contributed by atoms with Crippen LogP contribution in [0.15, 0.2) is 26.8 Å². The molecular formula is C9H8Br2N2S. The number of hydrogen-bond acceptors (Lipinski definition) is 2. The van der Waals surface area contributed by atoms with Gasteiger partial charge in [0.25, 0.3) is 0 Å². The molecule has 0 saturated carbocycles. The molecule has 2 aromatic rings. The second-order valence-corrected chi connectivity index (χ2v) is 5.51. The van der Waals surface area contributed by atoms with Crippen LogP contribution in [-0.4, -0.2) is 9.97 Å². The summed E-state index contributed by atoms with van der Waals surface area (Å²) >= 11 is 8.80. The molecule has 0 aliphatic carbocycles. The molecule has 1 N–H and O–H groups in total. The topological polar surface area (TPSA) is 28.7 Å². The molecule has 0 fully saturated rings. The van der Waals surface area contributed by atoms with E-state index in [0.29, 0.717) is 0 Å². The molecular weight excluding hydrogens is 328 g/mol. The van der Waals surface area contributed by atoms with Gasteiger partial charge in [-0.3, -0.25) is 0 Å². The van der Waals surface area contributed by atoms with E-state index in [2.05, 4.69) is 47.2 Å². The van der Waals surface area contributed by atoms with Gasteiger partial charge in [0, 0.05) is 31.1 Å². The van der Waals surface area contributed by atoms with Crippen molar-refractivity contribution in [3.63, 3.8) is 0 Å². The number of H-pyrrole nitrogens is 1. The molecule has 0 aliphatic heterocycles. The molecule has 2 aromatic heterocycles. The number of nitrogens with zero attached hydrogens (tertiary/aromatic N) is 1. The van der Waals surface area contributed by atoms with Crippen molar-refractivity contribution in [2.75, 3.05) is 0 Å². The van der Waals surface area contributed by atoms with Crippen LogP contribution in [-0.2, 0) is 12.8 Å². The molecule has 0 unspecified atom stereocenters. The Bertz CT molecular complexity index is 408. The highest BCUT2D eigenvalue weighted by atomic mass is 79.9. The molecule has 0 atom stereocenters. The Morgan fingerprint density at radius 3 is 2.79 bits per heavy atom. The van der Waals surface area contributed by atoms with Gasteiger partial charge in [-0.25, -0.2) is 4.98 Å². The van der Waals surface area contributed by atoms with Crippen LogP contribution >= 0.6 is 43.2 Å². The number of aryl methyl sites for hydroxylation is 2.